The van der Waals surface area contributed by atoms with Crippen LogP contribution < -0.4 is 0 Å². The summed E-state index contributed by atoms with van der Waals surface area (Å²) in [5.41, 5.74) is 0. The number of rotatable bonds is 2. The Hall–Kier alpha value is -2.04. The average molecular weight is 233 g/mol. The molecule has 3 rings (SSSR count). The van der Waals surface area contributed by atoms with E-state index in [1.54, 1.807) is 29.4 Å². The van der Waals surface area contributed by atoms with E-state index in [1.807, 2.05) is 0 Å². The highest BCUT2D eigenvalue weighted by molar-refractivity contribution is 5.95. The number of esters is 1. The molecule has 0 radical (unpaired) electrons. The lowest BCUT2D eigenvalue weighted by Gasteiger charge is -2.24. The fourth-order valence-corrected chi connectivity index (χ4v) is 2.23. The average Bonchev–Trinajstić information content (AvgIpc) is 3.00. The van der Waals surface area contributed by atoms with Gasteiger partial charge in [0.25, 0.3) is 0 Å². The quantitative estimate of drug-likeness (QED) is 0.560. The fraction of sp³-hybridized carbons (Fsp3) is 0.333. The van der Waals surface area contributed by atoms with Crippen molar-refractivity contribution in [2.75, 3.05) is 6.54 Å². The number of hydrogen-bond acceptors (Lipinski definition) is 4. The van der Waals surface area contributed by atoms with Crippen LogP contribution in [0.25, 0.3) is 6.08 Å². The van der Waals surface area contributed by atoms with E-state index in [9.17, 15) is 9.59 Å². The Labute approximate surface area is 97.6 Å². The number of morpholine rings is 1. The molecule has 5 heteroatoms. The molecule has 2 aliphatic heterocycles. The molecule has 0 aromatic carbocycles. The minimum absolute atomic E-state index is 0.117. The van der Waals surface area contributed by atoms with Gasteiger partial charge in [-0.15, -0.1) is 0 Å². The van der Waals surface area contributed by atoms with Gasteiger partial charge in [-0.25, -0.2) is 4.79 Å². The molecule has 1 aromatic heterocycles. The Bertz CT molecular complexity index is 477. The molecule has 2 atom stereocenters. The molecule has 1 aromatic rings. The zero-order valence-corrected chi connectivity index (χ0v) is 9.04. The number of carbonyl (C=O) groups is 2. The Morgan fingerprint density at radius 2 is 2.41 bits per heavy atom. The van der Waals surface area contributed by atoms with Crippen LogP contribution in [0.1, 0.15) is 12.2 Å². The van der Waals surface area contributed by atoms with Gasteiger partial charge in [0.1, 0.15) is 17.9 Å². The van der Waals surface area contributed by atoms with E-state index in [2.05, 4.69) is 0 Å². The minimum Gasteiger partial charge on any atom is -0.465 e. The standard InChI is InChI=1S/C12H11NO4/c14-11(4-3-8-2-1-5-16-8)13-7-9-6-10(13)12(15)17-9/h1-5,9-10H,6-7H2/b4-3+. The molecule has 0 spiro atoms. The van der Waals surface area contributed by atoms with E-state index < -0.39 is 6.04 Å². The maximum Gasteiger partial charge on any atom is 0.329 e. The third kappa shape index (κ3) is 1.73. The van der Waals surface area contributed by atoms with Gasteiger partial charge >= 0.3 is 5.97 Å². The number of amides is 1. The summed E-state index contributed by atoms with van der Waals surface area (Å²) in [4.78, 5) is 24.7. The van der Waals surface area contributed by atoms with Crippen LogP contribution in [0.3, 0.4) is 0 Å². The number of fused-ring (bicyclic) bond motifs is 2. The van der Waals surface area contributed by atoms with Crippen LogP contribution >= 0.6 is 0 Å². The lowest BCUT2D eigenvalue weighted by Crippen LogP contribution is -2.43. The van der Waals surface area contributed by atoms with Crippen LogP contribution in [0.5, 0.6) is 0 Å². The maximum absolute atomic E-state index is 11.9. The van der Waals surface area contributed by atoms with Gasteiger partial charge in [-0.1, -0.05) is 0 Å². The summed E-state index contributed by atoms with van der Waals surface area (Å²) in [5, 5.41) is 0. The first-order chi connectivity index (χ1) is 8.24. The predicted molar refractivity (Wildman–Crippen MR) is 57.7 cm³/mol. The zero-order valence-electron chi connectivity index (χ0n) is 9.04. The summed E-state index contributed by atoms with van der Waals surface area (Å²) < 4.78 is 10.1. The van der Waals surface area contributed by atoms with Crippen molar-refractivity contribution in [3.05, 3.63) is 30.2 Å². The second-order valence-electron chi connectivity index (χ2n) is 4.15. The normalized spacial score (nSPS) is 26.8. The maximum atomic E-state index is 11.9. The molecule has 2 fully saturated rings. The number of hydrogen-bond donors (Lipinski definition) is 0. The van der Waals surface area contributed by atoms with Crippen molar-refractivity contribution >= 4 is 18.0 Å². The highest BCUT2D eigenvalue weighted by Crippen LogP contribution is 2.29. The lowest BCUT2D eigenvalue weighted by molar-refractivity contribution is -0.155. The van der Waals surface area contributed by atoms with Crippen molar-refractivity contribution in [1.82, 2.24) is 4.90 Å². The molecule has 0 N–H and O–H groups in total. The van der Waals surface area contributed by atoms with Crippen molar-refractivity contribution in [3.63, 3.8) is 0 Å². The predicted octanol–water partition coefficient (Wildman–Crippen LogP) is 0.819. The number of nitrogens with zero attached hydrogens (tertiary/aromatic N) is 1. The highest BCUT2D eigenvalue weighted by atomic mass is 16.6. The summed E-state index contributed by atoms with van der Waals surface area (Å²) in [7, 11) is 0. The monoisotopic (exact) mass is 233 g/mol. The van der Waals surface area contributed by atoms with Crippen molar-refractivity contribution in [2.24, 2.45) is 0 Å². The fourth-order valence-electron chi connectivity index (χ4n) is 2.23. The molecule has 2 saturated heterocycles. The topological polar surface area (TPSA) is 59.8 Å². The third-order valence-corrected chi connectivity index (χ3v) is 3.03. The van der Waals surface area contributed by atoms with Crippen LogP contribution in [0.2, 0.25) is 0 Å². The summed E-state index contributed by atoms with van der Waals surface area (Å²) >= 11 is 0. The minimum atomic E-state index is -0.395. The Morgan fingerprint density at radius 1 is 1.53 bits per heavy atom. The van der Waals surface area contributed by atoms with Crippen molar-refractivity contribution in [2.45, 2.75) is 18.6 Å². The smallest absolute Gasteiger partial charge is 0.329 e. The van der Waals surface area contributed by atoms with Crippen molar-refractivity contribution < 1.29 is 18.7 Å². The molecular formula is C12H11NO4. The Balaban J connectivity index is 1.70. The van der Waals surface area contributed by atoms with Gasteiger partial charge in [0.2, 0.25) is 5.91 Å². The van der Waals surface area contributed by atoms with E-state index in [1.165, 1.54) is 6.08 Å². The molecule has 2 unspecified atom stereocenters. The Kier molecular flexibility index (Phi) is 2.24. The van der Waals surface area contributed by atoms with Crippen molar-refractivity contribution in [1.29, 1.82) is 0 Å². The van der Waals surface area contributed by atoms with E-state index in [0.29, 0.717) is 18.7 Å². The summed E-state index contributed by atoms with van der Waals surface area (Å²) in [5.74, 6) is 0.150. The highest BCUT2D eigenvalue weighted by Gasteiger charge is 2.47. The number of furan rings is 1. The van der Waals surface area contributed by atoms with E-state index in [-0.39, 0.29) is 18.0 Å². The van der Waals surface area contributed by atoms with Crippen molar-refractivity contribution in [3.8, 4) is 0 Å². The van der Waals surface area contributed by atoms with Gasteiger partial charge < -0.3 is 14.1 Å². The number of ether oxygens (including phenoxy) is 1. The van der Waals surface area contributed by atoms with E-state index in [0.717, 1.165) is 0 Å². The molecule has 5 nitrogen and oxygen atoms in total. The van der Waals surface area contributed by atoms with Gasteiger partial charge in [-0.3, -0.25) is 4.79 Å². The number of carbonyl (C=O) groups excluding carboxylic acids is 2. The van der Waals surface area contributed by atoms with Crippen LogP contribution in [0, 0.1) is 0 Å². The van der Waals surface area contributed by atoms with Gasteiger partial charge in [0.05, 0.1) is 12.8 Å². The molecule has 2 aliphatic rings. The van der Waals surface area contributed by atoms with Gasteiger partial charge in [-0.05, 0) is 18.2 Å². The first-order valence-corrected chi connectivity index (χ1v) is 5.47. The second kappa shape index (κ2) is 3.76. The summed E-state index contributed by atoms with van der Waals surface area (Å²) in [6.45, 7) is 0.498. The SMILES string of the molecule is O=C1OC2CC1N(C(=O)/C=C/c1ccco1)C2. The van der Waals surface area contributed by atoms with Crippen LogP contribution in [-0.4, -0.2) is 35.5 Å². The molecule has 88 valence electrons. The van der Waals surface area contributed by atoms with Crippen LogP contribution in [-0.2, 0) is 14.3 Å². The van der Waals surface area contributed by atoms with E-state index >= 15 is 0 Å². The first-order valence-electron chi connectivity index (χ1n) is 5.47. The van der Waals surface area contributed by atoms with Crippen LogP contribution in [0.4, 0.5) is 0 Å². The molecule has 3 heterocycles. The zero-order chi connectivity index (χ0) is 11.8. The van der Waals surface area contributed by atoms with E-state index in [4.69, 9.17) is 9.15 Å². The second-order valence-corrected chi connectivity index (χ2v) is 4.15. The summed E-state index contributed by atoms with van der Waals surface area (Å²) in [6.07, 6.45) is 5.07. The molecule has 17 heavy (non-hydrogen) atoms. The summed E-state index contributed by atoms with van der Waals surface area (Å²) in [6, 6.07) is 3.11. The van der Waals surface area contributed by atoms with Crippen LogP contribution in [0.15, 0.2) is 28.9 Å². The first kappa shape index (κ1) is 10.1. The molecular weight excluding hydrogens is 222 g/mol. The van der Waals surface area contributed by atoms with Gasteiger partial charge in [0.15, 0.2) is 0 Å². The molecule has 0 saturated carbocycles. The Morgan fingerprint density at radius 3 is 3.06 bits per heavy atom. The van der Waals surface area contributed by atoms with Gasteiger partial charge in [-0.2, -0.15) is 0 Å². The van der Waals surface area contributed by atoms with Gasteiger partial charge in [0, 0.05) is 12.5 Å². The number of likely N-dealkylation sites (tertiary alicyclic amines) is 1. The third-order valence-electron chi connectivity index (χ3n) is 3.03. The molecule has 1 amide bonds. The largest absolute Gasteiger partial charge is 0.465 e. The lowest BCUT2D eigenvalue weighted by atomic mass is 10.2. The molecule has 2 bridgehead atoms. The molecule has 0 aliphatic carbocycles.